The van der Waals surface area contributed by atoms with Crippen LogP contribution < -0.4 is 10.6 Å². The summed E-state index contributed by atoms with van der Waals surface area (Å²) in [7, 11) is 0. The number of anilines is 3. The average Bonchev–Trinajstić information content (AvgIpc) is 2.59. The van der Waals surface area contributed by atoms with Crippen molar-refractivity contribution in [2.24, 2.45) is 0 Å². The molecule has 126 valence electrons. The highest BCUT2D eigenvalue weighted by atomic mass is 19.1. The fourth-order valence-corrected chi connectivity index (χ4v) is 2.08. The monoisotopic (exact) mass is 343 g/mol. The average molecular weight is 343 g/mol. The minimum Gasteiger partial charge on any atom is -0.352 e. The minimum absolute atomic E-state index is 0.103. The molecule has 0 aliphatic heterocycles. The number of hydrogen-bond acceptors (Lipinski definition) is 3. The predicted molar refractivity (Wildman–Crippen MR) is 88.2 cm³/mol. The quantitative estimate of drug-likeness (QED) is 0.734. The van der Waals surface area contributed by atoms with E-state index in [0.29, 0.717) is 11.3 Å². The number of rotatable bonds is 4. The molecule has 3 aromatic rings. The molecule has 2 aromatic carbocycles. The van der Waals surface area contributed by atoms with Crippen LogP contribution in [0, 0.1) is 17.5 Å². The van der Waals surface area contributed by atoms with Crippen molar-refractivity contribution >= 4 is 23.1 Å². The van der Waals surface area contributed by atoms with Crippen molar-refractivity contribution in [3.8, 4) is 0 Å². The molecule has 1 heterocycles. The Morgan fingerprint density at radius 2 is 1.60 bits per heavy atom. The van der Waals surface area contributed by atoms with Crippen molar-refractivity contribution in [1.82, 2.24) is 4.98 Å². The maximum atomic E-state index is 13.6. The molecule has 4 nitrogen and oxygen atoms in total. The zero-order valence-electron chi connectivity index (χ0n) is 12.8. The van der Waals surface area contributed by atoms with E-state index in [2.05, 4.69) is 15.6 Å². The van der Waals surface area contributed by atoms with Gasteiger partial charge in [-0.2, -0.15) is 0 Å². The molecule has 0 spiro atoms. The van der Waals surface area contributed by atoms with Gasteiger partial charge in [-0.1, -0.05) is 0 Å². The van der Waals surface area contributed by atoms with E-state index in [9.17, 15) is 18.0 Å². The van der Waals surface area contributed by atoms with Crippen LogP contribution in [0.5, 0.6) is 0 Å². The van der Waals surface area contributed by atoms with Crippen LogP contribution >= 0.6 is 0 Å². The van der Waals surface area contributed by atoms with Crippen LogP contribution in [0.2, 0.25) is 0 Å². The lowest BCUT2D eigenvalue weighted by atomic mass is 10.2. The highest BCUT2D eigenvalue weighted by Gasteiger charge is 2.08. The van der Waals surface area contributed by atoms with E-state index >= 15 is 0 Å². The summed E-state index contributed by atoms with van der Waals surface area (Å²) in [6.07, 6.45) is 1.39. The summed E-state index contributed by atoms with van der Waals surface area (Å²) in [5.41, 5.74) is 0.857. The molecule has 0 aliphatic rings. The van der Waals surface area contributed by atoms with Crippen LogP contribution in [-0.4, -0.2) is 10.9 Å². The SMILES string of the molecule is O=C(Nc1ccc(Nc2ccc(F)cc2F)cn1)c1ccc(F)cc1. The summed E-state index contributed by atoms with van der Waals surface area (Å²) in [5.74, 6) is -1.98. The number of pyridine rings is 1. The Labute approximate surface area is 141 Å². The Morgan fingerprint density at radius 3 is 2.24 bits per heavy atom. The number of amides is 1. The van der Waals surface area contributed by atoms with Gasteiger partial charge in [-0.05, 0) is 48.5 Å². The molecular formula is C18H12F3N3O. The smallest absolute Gasteiger partial charge is 0.256 e. The fourth-order valence-electron chi connectivity index (χ4n) is 2.08. The van der Waals surface area contributed by atoms with Crippen molar-refractivity contribution in [2.75, 3.05) is 10.6 Å². The number of carbonyl (C=O) groups is 1. The highest BCUT2D eigenvalue weighted by Crippen LogP contribution is 2.21. The van der Waals surface area contributed by atoms with Crippen LogP contribution in [-0.2, 0) is 0 Å². The molecule has 25 heavy (non-hydrogen) atoms. The van der Waals surface area contributed by atoms with Crippen molar-refractivity contribution in [2.45, 2.75) is 0 Å². The van der Waals surface area contributed by atoms with E-state index in [4.69, 9.17) is 0 Å². The summed E-state index contributed by atoms with van der Waals surface area (Å²) in [5, 5.41) is 5.32. The maximum Gasteiger partial charge on any atom is 0.256 e. The van der Waals surface area contributed by atoms with Crippen molar-refractivity contribution < 1.29 is 18.0 Å². The highest BCUT2D eigenvalue weighted by molar-refractivity contribution is 6.03. The number of benzene rings is 2. The van der Waals surface area contributed by atoms with E-state index in [-0.39, 0.29) is 11.5 Å². The third-order valence-corrected chi connectivity index (χ3v) is 3.32. The van der Waals surface area contributed by atoms with E-state index in [1.165, 1.54) is 42.6 Å². The Hall–Kier alpha value is -3.35. The van der Waals surface area contributed by atoms with Gasteiger partial charge < -0.3 is 10.6 Å². The van der Waals surface area contributed by atoms with Gasteiger partial charge in [-0.3, -0.25) is 4.79 Å². The summed E-state index contributed by atoms with van der Waals surface area (Å²) in [4.78, 5) is 16.0. The molecule has 0 aliphatic carbocycles. The van der Waals surface area contributed by atoms with Crippen LogP contribution in [0.3, 0.4) is 0 Å². The normalized spacial score (nSPS) is 10.4. The van der Waals surface area contributed by atoms with Gasteiger partial charge in [-0.25, -0.2) is 18.2 Å². The molecule has 0 fully saturated rings. The molecule has 0 atom stereocenters. The number of nitrogens with one attached hydrogen (secondary N) is 2. The molecule has 0 saturated heterocycles. The minimum atomic E-state index is -0.728. The molecular weight excluding hydrogens is 331 g/mol. The third-order valence-electron chi connectivity index (χ3n) is 3.32. The number of aromatic nitrogens is 1. The second kappa shape index (κ2) is 7.04. The van der Waals surface area contributed by atoms with E-state index in [1.54, 1.807) is 6.07 Å². The summed E-state index contributed by atoms with van der Waals surface area (Å²) in [6, 6.07) is 11.4. The van der Waals surface area contributed by atoms with Crippen molar-refractivity contribution in [3.63, 3.8) is 0 Å². The molecule has 3 rings (SSSR count). The zero-order valence-corrected chi connectivity index (χ0v) is 12.8. The lowest BCUT2D eigenvalue weighted by molar-refractivity contribution is 0.102. The molecule has 0 saturated carbocycles. The lowest BCUT2D eigenvalue weighted by Gasteiger charge is -2.09. The van der Waals surface area contributed by atoms with Crippen LogP contribution in [0.1, 0.15) is 10.4 Å². The third kappa shape index (κ3) is 4.14. The number of halogens is 3. The second-order valence-electron chi connectivity index (χ2n) is 5.14. The topological polar surface area (TPSA) is 54.0 Å². The Balaban J connectivity index is 1.67. The number of hydrogen-bond donors (Lipinski definition) is 2. The van der Waals surface area contributed by atoms with Gasteiger partial charge in [-0.15, -0.1) is 0 Å². The Bertz CT molecular complexity index is 896. The maximum absolute atomic E-state index is 13.6. The fraction of sp³-hybridized carbons (Fsp3) is 0. The molecule has 1 aromatic heterocycles. The van der Waals surface area contributed by atoms with Gasteiger partial charge in [0.15, 0.2) is 0 Å². The van der Waals surface area contributed by atoms with Crippen molar-refractivity contribution in [1.29, 1.82) is 0 Å². The second-order valence-corrected chi connectivity index (χ2v) is 5.14. The van der Waals surface area contributed by atoms with Gasteiger partial charge >= 0.3 is 0 Å². The van der Waals surface area contributed by atoms with E-state index < -0.39 is 23.4 Å². The Kier molecular flexibility index (Phi) is 4.65. The Morgan fingerprint density at radius 1 is 0.880 bits per heavy atom. The predicted octanol–water partition coefficient (Wildman–Crippen LogP) is 4.49. The zero-order chi connectivity index (χ0) is 17.8. The molecule has 0 bridgehead atoms. The standard InChI is InChI=1S/C18H12F3N3O/c19-12-3-1-11(2-4-12)18(25)24-17-8-6-14(10-22-17)23-16-7-5-13(20)9-15(16)21/h1-10,23H,(H,22,24,25). The first kappa shape index (κ1) is 16.5. The van der Waals surface area contributed by atoms with Crippen LogP contribution in [0.15, 0.2) is 60.8 Å². The molecule has 0 unspecified atom stereocenters. The summed E-state index contributed by atoms with van der Waals surface area (Å²) in [6.45, 7) is 0. The first-order valence-corrected chi connectivity index (χ1v) is 7.26. The van der Waals surface area contributed by atoms with Crippen molar-refractivity contribution in [3.05, 3.63) is 83.8 Å². The largest absolute Gasteiger partial charge is 0.352 e. The van der Waals surface area contributed by atoms with Crippen LogP contribution in [0.25, 0.3) is 0 Å². The number of carbonyl (C=O) groups excluding carboxylic acids is 1. The summed E-state index contributed by atoms with van der Waals surface area (Å²) < 4.78 is 39.3. The number of nitrogens with zero attached hydrogens (tertiary/aromatic N) is 1. The van der Waals surface area contributed by atoms with Crippen LogP contribution in [0.4, 0.5) is 30.4 Å². The lowest BCUT2D eigenvalue weighted by Crippen LogP contribution is -2.12. The molecule has 7 heteroatoms. The first-order valence-electron chi connectivity index (χ1n) is 7.26. The molecule has 0 radical (unpaired) electrons. The first-order chi connectivity index (χ1) is 12.0. The summed E-state index contributed by atoms with van der Waals surface area (Å²) >= 11 is 0. The van der Waals surface area contributed by atoms with Gasteiger partial charge in [0.05, 0.1) is 17.6 Å². The van der Waals surface area contributed by atoms with Gasteiger partial charge in [0.1, 0.15) is 23.3 Å². The van der Waals surface area contributed by atoms with Gasteiger partial charge in [0, 0.05) is 11.6 Å². The van der Waals surface area contributed by atoms with Gasteiger partial charge in [0.25, 0.3) is 5.91 Å². The molecule has 2 N–H and O–H groups in total. The van der Waals surface area contributed by atoms with Gasteiger partial charge in [0.2, 0.25) is 0 Å². The van der Waals surface area contributed by atoms with E-state index in [1.807, 2.05) is 0 Å². The van der Waals surface area contributed by atoms with E-state index in [0.717, 1.165) is 12.1 Å². The molecule has 1 amide bonds.